The van der Waals surface area contributed by atoms with Gasteiger partial charge in [0.05, 0.1) is 14.2 Å². The van der Waals surface area contributed by atoms with Crippen LogP contribution in [0.3, 0.4) is 0 Å². The van der Waals surface area contributed by atoms with Crippen molar-refractivity contribution < 1.29 is 14.3 Å². The number of pyridine rings is 1. The number of nitrogens with zero attached hydrogens (tertiary/aromatic N) is 2. The van der Waals surface area contributed by atoms with Gasteiger partial charge in [-0.1, -0.05) is 12.1 Å². The van der Waals surface area contributed by atoms with Crippen molar-refractivity contribution in [3.8, 4) is 5.75 Å². The molecular formula is C19H25IN4O3. The van der Waals surface area contributed by atoms with Gasteiger partial charge in [-0.15, -0.1) is 24.0 Å². The summed E-state index contributed by atoms with van der Waals surface area (Å²) in [6, 6.07) is 11.2. The van der Waals surface area contributed by atoms with Crippen molar-refractivity contribution in [2.75, 3.05) is 27.8 Å². The first-order chi connectivity index (χ1) is 12.7. The zero-order chi connectivity index (χ0) is 18.8. The van der Waals surface area contributed by atoms with Gasteiger partial charge in [-0.2, -0.15) is 0 Å². The van der Waals surface area contributed by atoms with Gasteiger partial charge in [-0.05, 0) is 29.8 Å². The van der Waals surface area contributed by atoms with Gasteiger partial charge in [0.25, 0.3) is 0 Å². The second-order valence-corrected chi connectivity index (χ2v) is 5.45. The van der Waals surface area contributed by atoms with Gasteiger partial charge >= 0.3 is 5.97 Å². The summed E-state index contributed by atoms with van der Waals surface area (Å²) in [5, 5.41) is 6.46. The van der Waals surface area contributed by atoms with Crippen molar-refractivity contribution in [1.29, 1.82) is 0 Å². The number of carbonyl (C=O) groups excluding carboxylic acids is 1. The van der Waals surface area contributed by atoms with E-state index in [9.17, 15) is 4.79 Å². The van der Waals surface area contributed by atoms with Crippen LogP contribution in [0.5, 0.6) is 5.75 Å². The third kappa shape index (κ3) is 7.05. The number of rotatable bonds is 7. The number of benzene rings is 1. The van der Waals surface area contributed by atoms with Gasteiger partial charge in [0, 0.05) is 38.4 Å². The number of hydrogen-bond donors (Lipinski definition) is 2. The van der Waals surface area contributed by atoms with Gasteiger partial charge in [0.15, 0.2) is 5.96 Å². The van der Waals surface area contributed by atoms with E-state index in [1.54, 1.807) is 25.4 Å². The number of carbonyl (C=O) groups is 1. The van der Waals surface area contributed by atoms with E-state index in [0.717, 1.165) is 17.7 Å². The minimum Gasteiger partial charge on any atom is -0.496 e. The molecule has 0 radical (unpaired) electrons. The molecule has 0 amide bonds. The average molecular weight is 484 g/mol. The van der Waals surface area contributed by atoms with E-state index >= 15 is 0 Å². The Kier molecular flexibility index (Phi) is 10.2. The molecule has 1 aromatic carbocycles. The minimum absolute atomic E-state index is 0. The third-order valence-corrected chi connectivity index (χ3v) is 3.75. The van der Waals surface area contributed by atoms with Crippen LogP contribution < -0.4 is 15.4 Å². The molecule has 0 saturated carbocycles. The molecule has 0 saturated heterocycles. The first kappa shape index (κ1) is 22.7. The first-order valence-corrected chi connectivity index (χ1v) is 8.27. The maximum absolute atomic E-state index is 11.9. The van der Waals surface area contributed by atoms with E-state index in [1.165, 1.54) is 14.2 Å². The van der Waals surface area contributed by atoms with Crippen LogP contribution >= 0.6 is 24.0 Å². The highest BCUT2D eigenvalue weighted by Gasteiger charge is 2.13. The number of nitrogens with one attached hydrogen (secondary N) is 2. The monoisotopic (exact) mass is 484 g/mol. The van der Waals surface area contributed by atoms with E-state index in [-0.39, 0.29) is 24.0 Å². The fourth-order valence-electron chi connectivity index (χ4n) is 2.40. The molecule has 8 heteroatoms. The summed E-state index contributed by atoms with van der Waals surface area (Å²) in [4.78, 5) is 20.3. The van der Waals surface area contributed by atoms with Crippen LogP contribution in [0.25, 0.3) is 0 Å². The smallest absolute Gasteiger partial charge is 0.341 e. The molecule has 2 N–H and O–H groups in total. The fraction of sp³-hybridized carbons (Fsp3) is 0.316. The lowest BCUT2D eigenvalue weighted by atomic mass is 10.1. The molecular weight excluding hydrogens is 459 g/mol. The van der Waals surface area contributed by atoms with Crippen molar-refractivity contribution in [1.82, 2.24) is 15.6 Å². The Hall–Kier alpha value is -2.36. The second kappa shape index (κ2) is 12.1. The predicted octanol–water partition coefficient (Wildman–Crippen LogP) is 2.40. The van der Waals surface area contributed by atoms with Gasteiger partial charge in [-0.3, -0.25) is 9.98 Å². The number of methoxy groups -OCH3 is 2. The SMILES string of the molecule is CN=C(NCCc1ccccn1)NCc1ccc(OC)c(C(=O)OC)c1.I. The van der Waals surface area contributed by atoms with Crippen molar-refractivity contribution in [2.45, 2.75) is 13.0 Å². The van der Waals surface area contributed by atoms with Gasteiger partial charge < -0.3 is 20.1 Å². The quantitative estimate of drug-likeness (QED) is 0.272. The third-order valence-electron chi connectivity index (χ3n) is 3.75. The number of ether oxygens (including phenoxy) is 2. The highest BCUT2D eigenvalue weighted by Crippen LogP contribution is 2.20. The van der Waals surface area contributed by atoms with Gasteiger partial charge in [-0.25, -0.2) is 4.79 Å². The maximum atomic E-state index is 11.9. The molecule has 1 aromatic heterocycles. The summed E-state index contributed by atoms with van der Waals surface area (Å²) in [5.74, 6) is 0.733. The van der Waals surface area contributed by atoms with Crippen molar-refractivity contribution in [3.05, 3.63) is 59.4 Å². The zero-order valence-electron chi connectivity index (χ0n) is 15.7. The van der Waals surface area contributed by atoms with Crippen molar-refractivity contribution in [2.24, 2.45) is 4.99 Å². The summed E-state index contributed by atoms with van der Waals surface area (Å²) in [5.41, 5.74) is 2.33. The maximum Gasteiger partial charge on any atom is 0.341 e. The predicted molar refractivity (Wildman–Crippen MR) is 116 cm³/mol. The first-order valence-electron chi connectivity index (χ1n) is 8.27. The molecule has 0 aliphatic carbocycles. The van der Waals surface area contributed by atoms with Gasteiger partial charge in [0.1, 0.15) is 11.3 Å². The number of esters is 1. The minimum atomic E-state index is -0.429. The molecule has 0 bridgehead atoms. The number of aromatic nitrogens is 1. The summed E-state index contributed by atoms with van der Waals surface area (Å²) in [6.45, 7) is 1.23. The molecule has 0 atom stereocenters. The van der Waals surface area contributed by atoms with Gasteiger partial charge in [0.2, 0.25) is 0 Å². The standard InChI is InChI=1S/C19H24N4O3.HI/c1-20-19(22-11-9-15-6-4-5-10-21-15)23-13-14-7-8-17(25-2)16(12-14)18(24)26-3;/h4-8,10,12H,9,11,13H2,1-3H3,(H2,20,22,23);1H. The van der Waals surface area contributed by atoms with E-state index in [1.807, 2.05) is 24.3 Å². The molecule has 2 aromatic rings. The van der Waals surface area contributed by atoms with Crippen LogP contribution in [0.1, 0.15) is 21.6 Å². The number of halogens is 1. The summed E-state index contributed by atoms with van der Waals surface area (Å²) in [6.07, 6.45) is 2.58. The largest absolute Gasteiger partial charge is 0.496 e. The van der Waals surface area contributed by atoms with Crippen LogP contribution in [0.2, 0.25) is 0 Å². The molecule has 1 heterocycles. The Morgan fingerprint density at radius 3 is 2.63 bits per heavy atom. The Morgan fingerprint density at radius 1 is 1.19 bits per heavy atom. The zero-order valence-corrected chi connectivity index (χ0v) is 18.0. The lowest BCUT2D eigenvalue weighted by molar-refractivity contribution is 0.0597. The topological polar surface area (TPSA) is 84.8 Å². The molecule has 0 spiro atoms. The van der Waals surface area contributed by atoms with E-state index in [0.29, 0.717) is 30.4 Å². The molecule has 0 unspecified atom stereocenters. The number of guanidine groups is 1. The Labute approximate surface area is 176 Å². The Bertz CT molecular complexity index is 754. The van der Waals surface area contributed by atoms with E-state index < -0.39 is 5.97 Å². The van der Waals surface area contributed by atoms with E-state index in [2.05, 4.69) is 20.6 Å². The molecule has 2 rings (SSSR count). The lowest BCUT2D eigenvalue weighted by Crippen LogP contribution is -2.37. The lowest BCUT2D eigenvalue weighted by Gasteiger charge is -2.13. The second-order valence-electron chi connectivity index (χ2n) is 5.45. The summed E-state index contributed by atoms with van der Waals surface area (Å²) >= 11 is 0. The molecule has 27 heavy (non-hydrogen) atoms. The Balaban J connectivity index is 0.00000364. The van der Waals surface area contributed by atoms with Crippen molar-refractivity contribution in [3.63, 3.8) is 0 Å². The highest BCUT2D eigenvalue weighted by atomic mass is 127. The van der Waals surface area contributed by atoms with Crippen LogP contribution in [0.4, 0.5) is 0 Å². The highest BCUT2D eigenvalue weighted by molar-refractivity contribution is 14.0. The summed E-state index contributed by atoms with van der Waals surface area (Å²) < 4.78 is 10.00. The normalized spacial score (nSPS) is 10.6. The average Bonchev–Trinajstić information content (AvgIpc) is 2.70. The summed E-state index contributed by atoms with van der Waals surface area (Å²) in [7, 11) is 4.58. The molecule has 146 valence electrons. The van der Waals surface area contributed by atoms with Crippen LogP contribution in [0, 0.1) is 0 Å². The number of aliphatic imine (C=N–C) groups is 1. The molecule has 0 fully saturated rings. The Morgan fingerprint density at radius 2 is 2.00 bits per heavy atom. The molecule has 7 nitrogen and oxygen atoms in total. The molecule has 0 aliphatic heterocycles. The number of hydrogen-bond acceptors (Lipinski definition) is 5. The van der Waals surface area contributed by atoms with Crippen LogP contribution in [-0.4, -0.2) is 44.7 Å². The molecule has 0 aliphatic rings. The fourth-order valence-corrected chi connectivity index (χ4v) is 2.40. The van der Waals surface area contributed by atoms with Crippen LogP contribution in [0.15, 0.2) is 47.6 Å². The van der Waals surface area contributed by atoms with Crippen LogP contribution in [-0.2, 0) is 17.7 Å². The van der Waals surface area contributed by atoms with E-state index in [4.69, 9.17) is 9.47 Å². The van der Waals surface area contributed by atoms with Crippen molar-refractivity contribution >= 4 is 35.9 Å².